The smallest absolute Gasteiger partial charge is 0.279 e. The Bertz CT molecular complexity index is 1130. The average molecular weight is 438 g/mol. The van der Waals surface area contributed by atoms with E-state index in [0.29, 0.717) is 24.3 Å². The molecule has 3 N–H and O–H groups in total. The summed E-state index contributed by atoms with van der Waals surface area (Å²) in [4.78, 5) is 11.7. The summed E-state index contributed by atoms with van der Waals surface area (Å²) in [7, 11) is 0. The minimum absolute atomic E-state index is 0.247. The second kappa shape index (κ2) is 8.67. The minimum atomic E-state index is -2.61. The van der Waals surface area contributed by atoms with Crippen molar-refractivity contribution in [3.8, 4) is 6.07 Å². The van der Waals surface area contributed by atoms with Gasteiger partial charge in [0.25, 0.3) is 6.43 Å². The van der Waals surface area contributed by atoms with Crippen LogP contribution in [0.1, 0.15) is 44.2 Å². The highest BCUT2D eigenvalue weighted by Gasteiger charge is 2.40. The number of pyridine rings is 2. The number of alkyl halides is 2. The van der Waals surface area contributed by atoms with E-state index in [2.05, 4.69) is 36.8 Å². The molecule has 5 heterocycles. The summed E-state index contributed by atoms with van der Waals surface area (Å²) in [5.74, 6) is 1.48. The third-order valence-corrected chi connectivity index (χ3v) is 6.40. The normalized spacial score (nSPS) is 22.9. The van der Waals surface area contributed by atoms with Crippen LogP contribution in [0.25, 0.3) is 10.9 Å². The molecule has 2 bridgehead atoms. The molecule has 0 radical (unpaired) electrons. The molecule has 2 saturated heterocycles. The van der Waals surface area contributed by atoms with E-state index >= 15 is 0 Å². The molecule has 3 aromatic heterocycles. The monoisotopic (exact) mass is 438 g/mol. The molecule has 2 aliphatic heterocycles. The fourth-order valence-corrected chi connectivity index (χ4v) is 5.02. The van der Waals surface area contributed by atoms with Crippen molar-refractivity contribution in [2.75, 3.05) is 17.2 Å². The number of nitriles is 1. The van der Waals surface area contributed by atoms with Crippen LogP contribution in [0.5, 0.6) is 0 Å². The Morgan fingerprint density at radius 2 is 2.03 bits per heavy atom. The first-order chi connectivity index (χ1) is 15.6. The lowest BCUT2D eigenvalue weighted by Crippen LogP contribution is -2.47. The van der Waals surface area contributed by atoms with Crippen molar-refractivity contribution >= 4 is 28.4 Å². The number of H-pyrrole nitrogens is 1. The number of anilines is 3. The maximum atomic E-state index is 12.9. The Morgan fingerprint density at radius 3 is 2.75 bits per heavy atom. The minimum Gasteiger partial charge on any atom is -0.367 e. The number of piperidine rings is 1. The van der Waals surface area contributed by atoms with Crippen molar-refractivity contribution in [2.45, 2.75) is 56.7 Å². The number of hydrogen-bond donors (Lipinski definition) is 3. The third-order valence-electron chi connectivity index (χ3n) is 6.40. The summed E-state index contributed by atoms with van der Waals surface area (Å²) in [6.45, 7) is 0.841. The fraction of sp³-hybridized carbons (Fsp3) is 0.455. The standard InChI is InChI=1S/C22H24F2N8/c23-21(24)18-12-20(31-30-18)28-19-11-17-16(3-1-7-26-17)22(29-19)27-13-9-14-4-5-15(10-13)32(14)8-2-6-25/h1,3,7,11-15,21H,2,4-5,8-10H2,(H3,27,28,29,30,31)/t13?,14-,15+. The Hall–Kier alpha value is -3.32. The molecule has 2 aliphatic rings. The van der Waals surface area contributed by atoms with Gasteiger partial charge in [-0.25, -0.2) is 13.8 Å². The van der Waals surface area contributed by atoms with Crippen LogP contribution in [0.3, 0.4) is 0 Å². The number of halogens is 2. The molecular weight excluding hydrogens is 414 g/mol. The van der Waals surface area contributed by atoms with Gasteiger partial charge in [0, 0.05) is 54.8 Å². The molecule has 3 aromatic rings. The molecule has 10 heteroatoms. The SMILES string of the molecule is N#CCCN1[C@@H]2CC[C@H]1CC(Nc1nc(Nc3cc(C(F)F)[nH]n3)cc3ncccc13)C2. The quantitative estimate of drug-likeness (QED) is 0.503. The Kier molecular flexibility index (Phi) is 5.57. The summed E-state index contributed by atoms with van der Waals surface area (Å²) in [6.07, 6.45) is 4.00. The van der Waals surface area contributed by atoms with Crippen LogP contribution in [-0.2, 0) is 0 Å². The zero-order chi connectivity index (χ0) is 22.1. The van der Waals surface area contributed by atoms with Crippen LogP contribution in [0.4, 0.5) is 26.2 Å². The van der Waals surface area contributed by atoms with Gasteiger partial charge in [-0.15, -0.1) is 0 Å². The lowest BCUT2D eigenvalue weighted by atomic mass is 9.97. The van der Waals surface area contributed by atoms with Gasteiger partial charge in [0.1, 0.15) is 17.3 Å². The Balaban J connectivity index is 1.37. The van der Waals surface area contributed by atoms with Crippen LogP contribution in [0.2, 0.25) is 0 Å². The summed E-state index contributed by atoms with van der Waals surface area (Å²) in [6, 6.07) is 10.4. The lowest BCUT2D eigenvalue weighted by Gasteiger charge is -2.39. The molecule has 0 amide bonds. The predicted molar refractivity (Wildman–Crippen MR) is 117 cm³/mol. The van der Waals surface area contributed by atoms with Gasteiger partial charge >= 0.3 is 0 Å². The topological polar surface area (TPSA) is 106 Å². The van der Waals surface area contributed by atoms with E-state index in [1.165, 1.54) is 6.07 Å². The number of rotatable bonds is 7. The van der Waals surface area contributed by atoms with Crippen LogP contribution in [-0.4, -0.2) is 49.7 Å². The number of nitrogens with zero attached hydrogens (tertiary/aromatic N) is 5. The molecule has 0 aromatic carbocycles. The van der Waals surface area contributed by atoms with Crippen molar-refractivity contribution in [3.05, 3.63) is 36.2 Å². The van der Waals surface area contributed by atoms with Crippen LogP contribution in [0, 0.1) is 11.3 Å². The molecule has 0 saturated carbocycles. The molecule has 1 unspecified atom stereocenters. The van der Waals surface area contributed by atoms with Gasteiger partial charge in [0.15, 0.2) is 5.82 Å². The molecule has 2 fully saturated rings. The van der Waals surface area contributed by atoms with Crippen molar-refractivity contribution in [3.63, 3.8) is 0 Å². The first kappa shape index (κ1) is 20.6. The van der Waals surface area contributed by atoms with E-state index < -0.39 is 6.43 Å². The second-order valence-electron chi connectivity index (χ2n) is 8.40. The van der Waals surface area contributed by atoms with Gasteiger partial charge in [-0.05, 0) is 37.8 Å². The average Bonchev–Trinajstić information content (AvgIpc) is 3.34. The first-order valence-corrected chi connectivity index (χ1v) is 10.9. The van der Waals surface area contributed by atoms with E-state index in [9.17, 15) is 8.78 Å². The van der Waals surface area contributed by atoms with E-state index in [0.717, 1.165) is 48.9 Å². The molecule has 8 nitrogen and oxygen atoms in total. The second-order valence-corrected chi connectivity index (χ2v) is 8.40. The van der Waals surface area contributed by atoms with Gasteiger partial charge in [-0.3, -0.25) is 15.0 Å². The van der Waals surface area contributed by atoms with E-state index in [1.54, 1.807) is 12.3 Å². The van der Waals surface area contributed by atoms with Gasteiger partial charge in [-0.2, -0.15) is 10.4 Å². The highest BCUT2D eigenvalue weighted by atomic mass is 19.3. The van der Waals surface area contributed by atoms with Crippen molar-refractivity contribution in [2.24, 2.45) is 0 Å². The first-order valence-electron chi connectivity index (χ1n) is 10.9. The third kappa shape index (κ3) is 4.08. The molecule has 0 aliphatic carbocycles. The zero-order valence-corrected chi connectivity index (χ0v) is 17.4. The molecular formula is C22H24F2N8. The van der Waals surface area contributed by atoms with Crippen molar-refractivity contribution in [1.29, 1.82) is 5.26 Å². The van der Waals surface area contributed by atoms with Gasteiger partial charge in [-0.1, -0.05) is 0 Å². The maximum absolute atomic E-state index is 12.9. The zero-order valence-electron chi connectivity index (χ0n) is 17.4. The van der Waals surface area contributed by atoms with E-state index in [4.69, 9.17) is 10.2 Å². The van der Waals surface area contributed by atoms with Crippen LogP contribution < -0.4 is 10.6 Å². The van der Waals surface area contributed by atoms with Crippen molar-refractivity contribution < 1.29 is 8.78 Å². The van der Waals surface area contributed by atoms with Gasteiger partial charge in [0.2, 0.25) is 0 Å². The van der Waals surface area contributed by atoms with E-state index in [-0.39, 0.29) is 17.6 Å². The predicted octanol–water partition coefficient (Wildman–Crippen LogP) is 4.36. The van der Waals surface area contributed by atoms with Crippen LogP contribution in [0.15, 0.2) is 30.5 Å². The molecule has 166 valence electrons. The summed E-state index contributed by atoms with van der Waals surface area (Å²) < 4.78 is 25.7. The summed E-state index contributed by atoms with van der Waals surface area (Å²) in [5, 5.41) is 22.7. The number of hydrogen-bond acceptors (Lipinski definition) is 7. The molecule has 3 atom stereocenters. The van der Waals surface area contributed by atoms with Gasteiger partial charge in [0.05, 0.1) is 11.6 Å². The number of aromatic amines is 1. The fourth-order valence-electron chi connectivity index (χ4n) is 5.02. The highest BCUT2D eigenvalue weighted by molar-refractivity contribution is 5.91. The Labute approximate surface area is 184 Å². The number of fused-ring (bicyclic) bond motifs is 3. The highest BCUT2D eigenvalue weighted by Crippen LogP contribution is 2.37. The maximum Gasteiger partial charge on any atom is 0.279 e. The summed E-state index contributed by atoms with van der Waals surface area (Å²) >= 11 is 0. The number of nitrogens with one attached hydrogen (secondary N) is 3. The van der Waals surface area contributed by atoms with Crippen molar-refractivity contribution in [1.82, 2.24) is 25.1 Å². The molecule has 0 spiro atoms. The Morgan fingerprint density at radius 1 is 1.22 bits per heavy atom. The number of aromatic nitrogens is 4. The molecule has 5 rings (SSSR count). The lowest BCUT2D eigenvalue weighted by molar-refractivity contribution is 0.136. The van der Waals surface area contributed by atoms with E-state index in [1.807, 2.05) is 12.1 Å². The van der Waals surface area contributed by atoms with Crippen LogP contribution >= 0.6 is 0 Å². The van der Waals surface area contributed by atoms with Gasteiger partial charge < -0.3 is 10.6 Å². The largest absolute Gasteiger partial charge is 0.367 e. The summed E-state index contributed by atoms with van der Waals surface area (Å²) in [5.41, 5.74) is 0.509. The molecule has 32 heavy (non-hydrogen) atoms.